The number of fused-ring (bicyclic) bond motifs is 1. The van der Waals surface area contributed by atoms with Gasteiger partial charge in [0.2, 0.25) is 0 Å². The molecule has 7 heteroatoms. The predicted octanol–water partition coefficient (Wildman–Crippen LogP) is 2.49. The van der Waals surface area contributed by atoms with E-state index in [2.05, 4.69) is 50.7 Å². The van der Waals surface area contributed by atoms with Gasteiger partial charge in [-0.15, -0.1) is 11.3 Å². The Balaban J connectivity index is 1.50. The summed E-state index contributed by atoms with van der Waals surface area (Å²) in [6, 6.07) is 0.802. The zero-order valence-corrected chi connectivity index (χ0v) is 16.4. The summed E-state index contributed by atoms with van der Waals surface area (Å²) in [5, 5.41) is 14.9. The average molecular weight is 361 g/mol. The highest BCUT2D eigenvalue weighted by molar-refractivity contribution is 7.09. The molecule has 1 atom stereocenters. The molecule has 0 saturated carbocycles. The summed E-state index contributed by atoms with van der Waals surface area (Å²) in [6.07, 6.45) is 6.27. The van der Waals surface area contributed by atoms with Crippen LogP contribution in [0.5, 0.6) is 0 Å². The van der Waals surface area contributed by atoms with Crippen molar-refractivity contribution in [2.45, 2.75) is 58.5 Å². The van der Waals surface area contributed by atoms with Gasteiger partial charge in [0.05, 0.1) is 16.4 Å². The monoisotopic (exact) mass is 360 g/mol. The molecule has 2 N–H and O–H groups in total. The van der Waals surface area contributed by atoms with Crippen LogP contribution < -0.4 is 10.6 Å². The molecule has 0 aliphatic heterocycles. The number of aryl methyl sites for hydroxylation is 2. The first-order valence-corrected chi connectivity index (χ1v) is 9.88. The Bertz CT molecular complexity index is 730. The highest BCUT2D eigenvalue weighted by atomic mass is 32.1. The second-order valence-corrected chi connectivity index (χ2v) is 7.93. The van der Waals surface area contributed by atoms with Gasteiger partial charge in [-0.2, -0.15) is 5.10 Å². The van der Waals surface area contributed by atoms with Crippen molar-refractivity contribution in [3.8, 4) is 0 Å². The van der Waals surface area contributed by atoms with Gasteiger partial charge in [-0.3, -0.25) is 9.67 Å². The van der Waals surface area contributed by atoms with E-state index in [1.807, 2.05) is 14.0 Å². The number of rotatable bonds is 5. The third kappa shape index (κ3) is 4.60. The molecule has 3 rings (SSSR count). The van der Waals surface area contributed by atoms with Crippen molar-refractivity contribution < 1.29 is 0 Å². The van der Waals surface area contributed by atoms with Crippen LogP contribution in [0.1, 0.15) is 48.3 Å². The second-order valence-electron chi connectivity index (χ2n) is 6.87. The summed E-state index contributed by atoms with van der Waals surface area (Å²) < 4.78 is 2.08. The molecule has 0 aromatic carbocycles. The van der Waals surface area contributed by atoms with E-state index in [-0.39, 0.29) is 0 Å². The quantitative estimate of drug-likeness (QED) is 0.635. The maximum atomic E-state index is 4.75. The lowest BCUT2D eigenvalue weighted by atomic mass is 9.94. The molecule has 25 heavy (non-hydrogen) atoms. The minimum absolute atomic E-state index is 0.385. The smallest absolute Gasteiger partial charge is 0.191 e. The SMILES string of the molecule is CN=C(NCCc1csc(C)n1)NC1CCc2cn(C(C)C)nc2C1. The summed E-state index contributed by atoms with van der Waals surface area (Å²) in [5.41, 5.74) is 3.77. The van der Waals surface area contributed by atoms with Gasteiger partial charge in [-0.25, -0.2) is 4.98 Å². The lowest BCUT2D eigenvalue weighted by Crippen LogP contribution is -2.46. The van der Waals surface area contributed by atoms with Crippen LogP contribution in [-0.4, -0.2) is 40.4 Å². The maximum Gasteiger partial charge on any atom is 0.191 e. The van der Waals surface area contributed by atoms with Gasteiger partial charge in [0.15, 0.2) is 5.96 Å². The molecule has 2 heterocycles. The zero-order chi connectivity index (χ0) is 17.8. The highest BCUT2D eigenvalue weighted by Crippen LogP contribution is 2.21. The van der Waals surface area contributed by atoms with E-state index in [9.17, 15) is 0 Å². The van der Waals surface area contributed by atoms with E-state index in [1.165, 1.54) is 11.3 Å². The molecule has 1 aliphatic carbocycles. The molecule has 2 aromatic rings. The van der Waals surface area contributed by atoms with E-state index in [4.69, 9.17) is 5.10 Å². The number of nitrogens with zero attached hydrogens (tertiary/aromatic N) is 4. The molecular formula is C18H28N6S. The molecule has 2 aromatic heterocycles. The first-order valence-electron chi connectivity index (χ1n) is 9.00. The number of guanidine groups is 1. The molecule has 0 bridgehead atoms. The molecule has 0 amide bonds. The predicted molar refractivity (Wildman–Crippen MR) is 103 cm³/mol. The summed E-state index contributed by atoms with van der Waals surface area (Å²) in [4.78, 5) is 8.86. The Morgan fingerprint density at radius 1 is 1.48 bits per heavy atom. The molecule has 0 saturated heterocycles. The van der Waals surface area contributed by atoms with Gasteiger partial charge in [0.1, 0.15) is 0 Å². The van der Waals surface area contributed by atoms with Crippen LogP contribution in [0.2, 0.25) is 0 Å². The van der Waals surface area contributed by atoms with Gasteiger partial charge in [0, 0.05) is 50.1 Å². The van der Waals surface area contributed by atoms with Crippen molar-refractivity contribution >= 4 is 17.3 Å². The van der Waals surface area contributed by atoms with Crippen molar-refractivity contribution in [3.05, 3.63) is 33.5 Å². The number of thiazole rings is 1. The van der Waals surface area contributed by atoms with E-state index in [0.717, 1.165) is 48.9 Å². The summed E-state index contributed by atoms with van der Waals surface area (Å²) in [5.74, 6) is 0.865. The van der Waals surface area contributed by atoms with Gasteiger partial charge in [-0.05, 0) is 39.2 Å². The Morgan fingerprint density at radius 2 is 2.32 bits per heavy atom. The molecule has 1 aliphatic rings. The summed E-state index contributed by atoms with van der Waals surface area (Å²) >= 11 is 1.70. The van der Waals surface area contributed by atoms with Crippen molar-refractivity contribution in [3.63, 3.8) is 0 Å². The molecule has 6 nitrogen and oxygen atoms in total. The van der Waals surface area contributed by atoms with Crippen molar-refractivity contribution in [1.82, 2.24) is 25.4 Å². The fourth-order valence-corrected chi connectivity index (χ4v) is 3.77. The van der Waals surface area contributed by atoms with Gasteiger partial charge in [-0.1, -0.05) is 0 Å². The fourth-order valence-electron chi connectivity index (χ4n) is 3.12. The van der Waals surface area contributed by atoms with E-state index >= 15 is 0 Å². The minimum atomic E-state index is 0.385. The van der Waals surface area contributed by atoms with Crippen LogP contribution in [-0.2, 0) is 19.3 Å². The van der Waals surface area contributed by atoms with Gasteiger partial charge >= 0.3 is 0 Å². The van der Waals surface area contributed by atoms with Gasteiger partial charge < -0.3 is 10.6 Å². The van der Waals surface area contributed by atoms with Crippen LogP contribution in [0, 0.1) is 6.92 Å². The Hall–Kier alpha value is -1.89. The zero-order valence-electron chi connectivity index (χ0n) is 15.5. The molecule has 0 radical (unpaired) electrons. The Kier molecular flexibility index (Phi) is 5.73. The average Bonchev–Trinajstić information content (AvgIpc) is 3.19. The van der Waals surface area contributed by atoms with Crippen LogP contribution in [0.4, 0.5) is 0 Å². The van der Waals surface area contributed by atoms with Crippen LogP contribution >= 0.6 is 11.3 Å². The number of hydrogen-bond donors (Lipinski definition) is 2. The van der Waals surface area contributed by atoms with Crippen LogP contribution in [0.3, 0.4) is 0 Å². The third-order valence-electron chi connectivity index (χ3n) is 4.53. The molecular weight excluding hydrogens is 332 g/mol. The summed E-state index contributed by atoms with van der Waals surface area (Å²) in [7, 11) is 1.82. The molecule has 1 unspecified atom stereocenters. The third-order valence-corrected chi connectivity index (χ3v) is 5.35. The largest absolute Gasteiger partial charge is 0.356 e. The summed E-state index contributed by atoms with van der Waals surface area (Å²) in [6.45, 7) is 7.22. The second kappa shape index (κ2) is 7.99. The highest BCUT2D eigenvalue weighted by Gasteiger charge is 2.22. The Labute approximate surface area is 153 Å². The van der Waals surface area contributed by atoms with Gasteiger partial charge in [0.25, 0.3) is 0 Å². The molecule has 0 spiro atoms. The number of hydrogen-bond acceptors (Lipinski definition) is 4. The van der Waals surface area contributed by atoms with E-state index in [0.29, 0.717) is 12.1 Å². The Morgan fingerprint density at radius 3 is 3.00 bits per heavy atom. The topological polar surface area (TPSA) is 67.1 Å². The van der Waals surface area contributed by atoms with Crippen LogP contribution in [0.15, 0.2) is 16.6 Å². The number of aliphatic imine (C=N–C) groups is 1. The number of aromatic nitrogens is 3. The van der Waals surface area contributed by atoms with Crippen molar-refractivity contribution in [2.75, 3.05) is 13.6 Å². The van der Waals surface area contributed by atoms with Crippen LogP contribution in [0.25, 0.3) is 0 Å². The lowest BCUT2D eigenvalue weighted by molar-refractivity contribution is 0.499. The van der Waals surface area contributed by atoms with Crippen molar-refractivity contribution in [2.24, 2.45) is 4.99 Å². The normalized spacial score (nSPS) is 17.6. The molecule has 0 fully saturated rings. The lowest BCUT2D eigenvalue weighted by Gasteiger charge is -2.24. The van der Waals surface area contributed by atoms with E-state index in [1.54, 1.807) is 11.3 Å². The number of nitrogens with one attached hydrogen (secondary N) is 2. The minimum Gasteiger partial charge on any atom is -0.356 e. The van der Waals surface area contributed by atoms with Crippen molar-refractivity contribution in [1.29, 1.82) is 0 Å². The van der Waals surface area contributed by atoms with E-state index < -0.39 is 0 Å². The first kappa shape index (κ1) is 17.9. The first-order chi connectivity index (χ1) is 12.0. The fraction of sp³-hybridized carbons (Fsp3) is 0.611. The molecule has 136 valence electrons. The standard InChI is InChI=1S/C18H28N6S/c1-12(2)24-10-14-5-6-15(9-17(14)23-24)22-18(19-4)20-8-7-16-11-25-13(3)21-16/h10-12,15H,5-9H2,1-4H3,(H2,19,20,22). The maximum absolute atomic E-state index is 4.75.